The van der Waals surface area contributed by atoms with Gasteiger partial charge in [-0.2, -0.15) is 4.99 Å². The Balaban J connectivity index is 1.66. The van der Waals surface area contributed by atoms with E-state index in [0.717, 1.165) is 24.6 Å². The van der Waals surface area contributed by atoms with Crippen molar-refractivity contribution in [2.24, 2.45) is 10.9 Å². The number of amides is 1. The van der Waals surface area contributed by atoms with E-state index in [-0.39, 0.29) is 5.91 Å². The molecule has 1 aliphatic heterocycles. The van der Waals surface area contributed by atoms with Crippen LogP contribution in [0.1, 0.15) is 48.5 Å². The van der Waals surface area contributed by atoms with E-state index in [4.69, 9.17) is 0 Å². The quantitative estimate of drug-likeness (QED) is 0.825. The van der Waals surface area contributed by atoms with Gasteiger partial charge in [-0.1, -0.05) is 25.1 Å². The molecule has 0 radical (unpaired) electrons. The number of hydrogen-bond donors (Lipinski definition) is 0. The summed E-state index contributed by atoms with van der Waals surface area (Å²) in [5.41, 5.74) is 2.98. The Morgan fingerprint density at radius 2 is 1.88 bits per heavy atom. The van der Waals surface area contributed by atoms with Gasteiger partial charge in [0.05, 0.1) is 0 Å². The Labute approximate surface area is 148 Å². The SMILES string of the molecule is CC1CCC(N2C(=NC(=O)c3ccccc3)Cc3cnccc32)CC1. The molecule has 2 aliphatic rings. The number of amidine groups is 1. The van der Waals surface area contributed by atoms with Crippen LogP contribution in [0.2, 0.25) is 0 Å². The van der Waals surface area contributed by atoms with Crippen LogP contribution in [-0.2, 0) is 6.42 Å². The Morgan fingerprint density at radius 3 is 2.64 bits per heavy atom. The summed E-state index contributed by atoms with van der Waals surface area (Å²) in [4.78, 5) is 23.7. The highest BCUT2D eigenvalue weighted by atomic mass is 16.1. The molecule has 1 fully saturated rings. The maximum Gasteiger partial charge on any atom is 0.278 e. The van der Waals surface area contributed by atoms with Gasteiger partial charge in [0, 0.05) is 41.7 Å². The average molecular weight is 333 g/mol. The summed E-state index contributed by atoms with van der Waals surface area (Å²) in [5, 5.41) is 0. The number of anilines is 1. The van der Waals surface area contributed by atoms with Gasteiger partial charge in [0.15, 0.2) is 0 Å². The van der Waals surface area contributed by atoms with Crippen molar-refractivity contribution < 1.29 is 4.79 Å². The van der Waals surface area contributed by atoms with E-state index in [0.29, 0.717) is 18.0 Å². The number of pyridine rings is 1. The molecule has 0 N–H and O–H groups in total. The molecule has 0 atom stereocenters. The van der Waals surface area contributed by atoms with E-state index < -0.39 is 0 Å². The number of rotatable bonds is 2. The number of nitrogens with zero attached hydrogens (tertiary/aromatic N) is 3. The number of benzene rings is 1. The molecule has 2 heterocycles. The Kier molecular flexibility index (Phi) is 4.35. The van der Waals surface area contributed by atoms with Gasteiger partial charge < -0.3 is 4.90 Å². The zero-order valence-corrected chi connectivity index (χ0v) is 14.6. The summed E-state index contributed by atoms with van der Waals surface area (Å²) in [7, 11) is 0. The Bertz CT molecular complexity index is 792. The van der Waals surface area contributed by atoms with E-state index in [9.17, 15) is 4.79 Å². The summed E-state index contributed by atoms with van der Waals surface area (Å²) in [6.45, 7) is 2.33. The van der Waals surface area contributed by atoms with E-state index in [1.165, 1.54) is 24.1 Å². The lowest BCUT2D eigenvalue weighted by Crippen LogP contribution is -2.40. The highest BCUT2D eigenvalue weighted by Gasteiger charge is 2.33. The molecule has 1 aromatic carbocycles. The second kappa shape index (κ2) is 6.79. The molecule has 0 unspecified atom stereocenters. The van der Waals surface area contributed by atoms with Crippen LogP contribution in [-0.4, -0.2) is 22.8 Å². The first kappa shape index (κ1) is 16.0. The van der Waals surface area contributed by atoms with Crippen molar-refractivity contribution in [3.05, 3.63) is 59.9 Å². The van der Waals surface area contributed by atoms with Crippen molar-refractivity contribution in [2.75, 3.05) is 4.90 Å². The Morgan fingerprint density at radius 1 is 1.12 bits per heavy atom. The van der Waals surface area contributed by atoms with Gasteiger partial charge >= 0.3 is 0 Å². The van der Waals surface area contributed by atoms with E-state index in [2.05, 4.69) is 27.9 Å². The predicted octanol–water partition coefficient (Wildman–Crippen LogP) is 4.26. The lowest BCUT2D eigenvalue weighted by Gasteiger charge is -2.35. The monoisotopic (exact) mass is 333 g/mol. The fourth-order valence-electron chi connectivity index (χ4n) is 3.95. The van der Waals surface area contributed by atoms with Crippen LogP contribution in [0.25, 0.3) is 0 Å². The third-order valence-electron chi connectivity index (χ3n) is 5.37. The average Bonchev–Trinajstić information content (AvgIpc) is 3.01. The summed E-state index contributed by atoms with van der Waals surface area (Å²) >= 11 is 0. The molecule has 0 bridgehead atoms. The number of aromatic nitrogens is 1. The predicted molar refractivity (Wildman–Crippen MR) is 100 cm³/mol. The number of carbonyl (C=O) groups is 1. The van der Waals surface area contributed by atoms with Crippen LogP contribution in [0.15, 0.2) is 53.8 Å². The summed E-state index contributed by atoms with van der Waals surface area (Å²) in [6, 6.07) is 11.8. The number of carbonyl (C=O) groups excluding carboxylic acids is 1. The van der Waals surface area contributed by atoms with Gasteiger partial charge in [0.2, 0.25) is 0 Å². The molecule has 1 aromatic heterocycles. The molecule has 0 spiro atoms. The molecule has 1 amide bonds. The molecule has 1 saturated carbocycles. The minimum atomic E-state index is -0.162. The lowest BCUT2D eigenvalue weighted by molar-refractivity contribution is 0.100. The normalized spacial score (nSPS) is 24.4. The first-order valence-corrected chi connectivity index (χ1v) is 9.11. The largest absolute Gasteiger partial charge is 0.326 e. The van der Waals surface area contributed by atoms with Crippen LogP contribution in [0.4, 0.5) is 5.69 Å². The van der Waals surface area contributed by atoms with E-state index in [1.54, 1.807) is 0 Å². The standard InChI is InChI=1S/C21H23N3O/c1-15-7-9-18(10-8-15)24-19-11-12-22-14-17(19)13-20(24)23-21(25)16-5-3-2-4-6-16/h2-6,11-12,14-15,18H,7-10,13H2,1H3. The minimum Gasteiger partial charge on any atom is -0.326 e. The molecule has 4 heteroatoms. The minimum absolute atomic E-state index is 0.162. The zero-order chi connectivity index (χ0) is 17.2. The number of aliphatic imine (C=N–C) groups is 1. The van der Waals surface area contributed by atoms with Crippen molar-refractivity contribution in [3.8, 4) is 0 Å². The second-order valence-electron chi connectivity index (χ2n) is 7.16. The summed E-state index contributed by atoms with van der Waals surface area (Å²) in [6.07, 6.45) is 9.21. The number of fused-ring (bicyclic) bond motifs is 1. The molecular weight excluding hydrogens is 310 g/mol. The van der Waals surface area contributed by atoms with Gasteiger partial charge in [-0.3, -0.25) is 9.78 Å². The first-order valence-electron chi connectivity index (χ1n) is 9.11. The number of hydrogen-bond acceptors (Lipinski definition) is 2. The molecule has 2 aromatic rings. The molecule has 0 saturated heterocycles. The second-order valence-corrected chi connectivity index (χ2v) is 7.16. The fourth-order valence-corrected chi connectivity index (χ4v) is 3.95. The van der Waals surface area contributed by atoms with Gasteiger partial charge in [-0.15, -0.1) is 0 Å². The van der Waals surface area contributed by atoms with Crippen molar-refractivity contribution >= 4 is 17.4 Å². The highest BCUT2D eigenvalue weighted by Crippen LogP contribution is 2.36. The maximum atomic E-state index is 12.6. The van der Waals surface area contributed by atoms with Crippen LogP contribution < -0.4 is 4.90 Å². The van der Waals surface area contributed by atoms with E-state index in [1.807, 2.05) is 42.7 Å². The van der Waals surface area contributed by atoms with Crippen molar-refractivity contribution in [1.29, 1.82) is 0 Å². The van der Waals surface area contributed by atoms with Gasteiger partial charge in [-0.25, -0.2) is 0 Å². The van der Waals surface area contributed by atoms with E-state index >= 15 is 0 Å². The first-order chi connectivity index (χ1) is 12.2. The summed E-state index contributed by atoms with van der Waals surface area (Å²) in [5.74, 6) is 1.50. The van der Waals surface area contributed by atoms with Gasteiger partial charge in [0.1, 0.15) is 5.84 Å². The molecule has 4 nitrogen and oxygen atoms in total. The smallest absolute Gasteiger partial charge is 0.278 e. The highest BCUT2D eigenvalue weighted by molar-refractivity contribution is 6.12. The lowest BCUT2D eigenvalue weighted by atomic mass is 9.86. The van der Waals surface area contributed by atoms with Crippen LogP contribution in [0.5, 0.6) is 0 Å². The maximum absolute atomic E-state index is 12.6. The zero-order valence-electron chi connectivity index (χ0n) is 14.6. The van der Waals surface area contributed by atoms with Crippen LogP contribution in [0, 0.1) is 5.92 Å². The van der Waals surface area contributed by atoms with Gasteiger partial charge in [0.25, 0.3) is 5.91 Å². The Hall–Kier alpha value is -2.49. The topological polar surface area (TPSA) is 45.6 Å². The third-order valence-corrected chi connectivity index (χ3v) is 5.37. The fraction of sp³-hybridized carbons (Fsp3) is 0.381. The van der Waals surface area contributed by atoms with Crippen LogP contribution >= 0.6 is 0 Å². The molecule has 1 aliphatic carbocycles. The molecular formula is C21H23N3O. The van der Waals surface area contributed by atoms with Crippen molar-refractivity contribution in [1.82, 2.24) is 4.98 Å². The third kappa shape index (κ3) is 3.21. The van der Waals surface area contributed by atoms with Crippen LogP contribution in [0.3, 0.4) is 0 Å². The molecule has 25 heavy (non-hydrogen) atoms. The molecule has 128 valence electrons. The van der Waals surface area contributed by atoms with Gasteiger partial charge in [-0.05, 0) is 49.8 Å². The van der Waals surface area contributed by atoms with Crippen molar-refractivity contribution in [2.45, 2.75) is 45.1 Å². The summed E-state index contributed by atoms with van der Waals surface area (Å²) < 4.78 is 0. The molecule has 4 rings (SSSR count). The van der Waals surface area contributed by atoms with Crippen molar-refractivity contribution in [3.63, 3.8) is 0 Å².